The number of hydrogen-bond acceptors (Lipinski definition) is 3. The molecule has 0 fully saturated rings. The van der Waals surface area contributed by atoms with Gasteiger partial charge in [-0.1, -0.05) is 0 Å². The van der Waals surface area contributed by atoms with Crippen molar-refractivity contribution in [3.05, 3.63) is 34.7 Å². The van der Waals surface area contributed by atoms with Crippen LogP contribution in [0.1, 0.15) is 11.4 Å². The van der Waals surface area contributed by atoms with E-state index in [9.17, 15) is 0 Å². The molecule has 0 spiro atoms. The van der Waals surface area contributed by atoms with Crippen LogP contribution in [0.25, 0.3) is 5.82 Å². The van der Waals surface area contributed by atoms with Gasteiger partial charge in [0.2, 0.25) is 0 Å². The molecule has 0 saturated heterocycles. The molecule has 0 radical (unpaired) electrons. The van der Waals surface area contributed by atoms with Gasteiger partial charge >= 0.3 is 0 Å². The Morgan fingerprint density at radius 3 is 2.57 bits per heavy atom. The fourth-order valence-corrected chi connectivity index (χ4v) is 1.48. The van der Waals surface area contributed by atoms with Crippen molar-refractivity contribution in [1.82, 2.24) is 19.5 Å². The number of rotatable bonds is 1. The molecule has 0 aliphatic heterocycles. The van der Waals surface area contributed by atoms with Crippen molar-refractivity contribution < 1.29 is 0 Å². The summed E-state index contributed by atoms with van der Waals surface area (Å²) in [4.78, 5) is 12.3. The molecule has 2 rings (SSSR count). The van der Waals surface area contributed by atoms with Gasteiger partial charge in [0.25, 0.3) is 0 Å². The van der Waals surface area contributed by atoms with E-state index in [1.807, 2.05) is 24.5 Å². The fraction of sp³-hybridized carbons (Fsp3) is 0.222. The zero-order valence-electron chi connectivity index (χ0n) is 7.90. The van der Waals surface area contributed by atoms with E-state index >= 15 is 0 Å². The van der Waals surface area contributed by atoms with E-state index in [-0.39, 0.29) is 0 Å². The molecule has 0 bridgehead atoms. The number of hydrogen-bond donors (Lipinski definition) is 0. The van der Waals surface area contributed by atoms with E-state index in [1.165, 1.54) is 6.33 Å². The summed E-state index contributed by atoms with van der Waals surface area (Å²) in [6.45, 7) is 3.99. The summed E-state index contributed by atoms with van der Waals surface area (Å²) < 4.78 is 2.70. The Kier molecular flexibility index (Phi) is 2.33. The first-order valence-electron chi connectivity index (χ1n) is 4.17. The SMILES string of the molecule is Cc1ncn(-c2cc(Br)ncn2)c1C. The van der Waals surface area contributed by atoms with Crippen molar-refractivity contribution in [2.75, 3.05) is 0 Å². The third kappa shape index (κ3) is 1.55. The molecule has 72 valence electrons. The van der Waals surface area contributed by atoms with Crippen LogP contribution < -0.4 is 0 Å². The lowest BCUT2D eigenvalue weighted by molar-refractivity contribution is 0.929. The van der Waals surface area contributed by atoms with Crippen LogP contribution in [0.2, 0.25) is 0 Å². The van der Waals surface area contributed by atoms with Crippen molar-refractivity contribution in [3.8, 4) is 5.82 Å². The minimum Gasteiger partial charge on any atom is -0.287 e. The van der Waals surface area contributed by atoms with Gasteiger partial charge in [0.05, 0.1) is 5.69 Å². The van der Waals surface area contributed by atoms with Crippen LogP contribution in [0, 0.1) is 13.8 Å². The van der Waals surface area contributed by atoms with Crippen LogP contribution in [-0.4, -0.2) is 19.5 Å². The van der Waals surface area contributed by atoms with Gasteiger partial charge in [-0.25, -0.2) is 15.0 Å². The Balaban J connectivity index is 2.55. The molecule has 2 aromatic rings. The molecular formula is C9H9BrN4. The summed E-state index contributed by atoms with van der Waals surface area (Å²) in [5.41, 5.74) is 2.11. The van der Waals surface area contributed by atoms with Crippen molar-refractivity contribution in [2.45, 2.75) is 13.8 Å². The van der Waals surface area contributed by atoms with Crippen molar-refractivity contribution in [1.29, 1.82) is 0 Å². The highest BCUT2D eigenvalue weighted by Gasteiger charge is 2.05. The average molecular weight is 253 g/mol. The maximum atomic E-state index is 4.21. The normalized spacial score (nSPS) is 10.5. The molecule has 0 N–H and O–H groups in total. The zero-order valence-corrected chi connectivity index (χ0v) is 9.48. The first kappa shape index (κ1) is 9.33. The summed E-state index contributed by atoms with van der Waals surface area (Å²) in [6, 6.07) is 1.86. The fourth-order valence-electron chi connectivity index (χ4n) is 1.19. The first-order valence-corrected chi connectivity index (χ1v) is 4.96. The van der Waals surface area contributed by atoms with E-state index < -0.39 is 0 Å². The molecule has 0 aliphatic rings. The molecule has 2 heterocycles. The smallest absolute Gasteiger partial charge is 0.142 e. The molecule has 0 aromatic carbocycles. The highest BCUT2D eigenvalue weighted by atomic mass is 79.9. The number of halogens is 1. The van der Waals surface area contributed by atoms with Crippen molar-refractivity contribution in [3.63, 3.8) is 0 Å². The van der Waals surface area contributed by atoms with Crippen LogP contribution in [0.3, 0.4) is 0 Å². The van der Waals surface area contributed by atoms with Gasteiger partial charge in [0.15, 0.2) is 0 Å². The second kappa shape index (κ2) is 3.49. The van der Waals surface area contributed by atoms with Gasteiger partial charge in [0, 0.05) is 11.8 Å². The lowest BCUT2D eigenvalue weighted by Gasteiger charge is -2.03. The minimum absolute atomic E-state index is 0.772. The Bertz CT molecular complexity index is 464. The monoisotopic (exact) mass is 252 g/mol. The molecule has 0 amide bonds. The predicted octanol–water partition coefficient (Wildman–Crippen LogP) is 2.04. The molecule has 0 unspecified atom stereocenters. The highest BCUT2D eigenvalue weighted by molar-refractivity contribution is 9.10. The molecule has 0 saturated carbocycles. The Hall–Kier alpha value is -1.23. The Morgan fingerprint density at radius 1 is 1.21 bits per heavy atom. The van der Waals surface area contributed by atoms with Crippen LogP contribution in [0.4, 0.5) is 0 Å². The topological polar surface area (TPSA) is 43.6 Å². The van der Waals surface area contributed by atoms with Crippen LogP contribution >= 0.6 is 15.9 Å². The lowest BCUT2D eigenvalue weighted by atomic mass is 10.4. The van der Waals surface area contributed by atoms with Crippen molar-refractivity contribution in [2.24, 2.45) is 0 Å². The third-order valence-electron chi connectivity index (χ3n) is 2.12. The summed E-state index contributed by atoms with van der Waals surface area (Å²) in [6.07, 6.45) is 3.29. The van der Waals surface area contributed by atoms with Gasteiger partial charge in [-0.2, -0.15) is 0 Å². The highest BCUT2D eigenvalue weighted by Crippen LogP contribution is 2.13. The molecule has 2 aromatic heterocycles. The summed E-state index contributed by atoms with van der Waals surface area (Å²) in [7, 11) is 0. The van der Waals surface area contributed by atoms with Gasteiger partial charge < -0.3 is 0 Å². The van der Waals surface area contributed by atoms with E-state index in [2.05, 4.69) is 30.9 Å². The largest absolute Gasteiger partial charge is 0.287 e. The molecule has 4 nitrogen and oxygen atoms in total. The standard InChI is InChI=1S/C9H9BrN4/c1-6-7(2)14(5-13-6)9-3-8(10)11-4-12-9/h3-5H,1-2H3. The zero-order chi connectivity index (χ0) is 10.1. The summed E-state index contributed by atoms with van der Waals surface area (Å²) in [5, 5.41) is 0. The quantitative estimate of drug-likeness (QED) is 0.730. The molecule has 5 heteroatoms. The predicted molar refractivity (Wildman–Crippen MR) is 56.3 cm³/mol. The van der Waals surface area contributed by atoms with Crippen LogP contribution in [0.5, 0.6) is 0 Å². The van der Waals surface area contributed by atoms with Crippen molar-refractivity contribution >= 4 is 15.9 Å². The number of aromatic nitrogens is 4. The van der Waals surface area contributed by atoms with Crippen LogP contribution in [-0.2, 0) is 0 Å². The van der Waals surface area contributed by atoms with Gasteiger partial charge in [-0.3, -0.25) is 4.57 Å². The number of imidazole rings is 1. The number of nitrogens with zero attached hydrogens (tertiary/aromatic N) is 4. The van der Waals surface area contributed by atoms with E-state index in [0.717, 1.165) is 21.8 Å². The Labute approximate surface area is 90.2 Å². The molecular weight excluding hydrogens is 244 g/mol. The van der Waals surface area contributed by atoms with Gasteiger partial charge in [-0.15, -0.1) is 0 Å². The average Bonchev–Trinajstić information content (AvgIpc) is 2.48. The summed E-state index contributed by atoms with van der Waals surface area (Å²) in [5.74, 6) is 0.824. The number of aryl methyl sites for hydroxylation is 1. The second-order valence-electron chi connectivity index (χ2n) is 2.98. The Morgan fingerprint density at radius 2 is 2.00 bits per heavy atom. The first-order chi connectivity index (χ1) is 6.68. The third-order valence-corrected chi connectivity index (χ3v) is 2.55. The molecule has 0 aliphatic carbocycles. The maximum absolute atomic E-state index is 4.21. The van der Waals surface area contributed by atoms with E-state index in [0.29, 0.717) is 0 Å². The van der Waals surface area contributed by atoms with Gasteiger partial charge in [0.1, 0.15) is 23.1 Å². The van der Waals surface area contributed by atoms with Crippen LogP contribution in [0.15, 0.2) is 23.3 Å². The second-order valence-corrected chi connectivity index (χ2v) is 3.80. The summed E-state index contributed by atoms with van der Waals surface area (Å²) >= 11 is 3.31. The van der Waals surface area contributed by atoms with Gasteiger partial charge in [-0.05, 0) is 29.8 Å². The molecule has 0 atom stereocenters. The molecule has 14 heavy (non-hydrogen) atoms. The van der Waals surface area contributed by atoms with E-state index in [4.69, 9.17) is 0 Å². The lowest BCUT2D eigenvalue weighted by Crippen LogP contribution is -1.98. The maximum Gasteiger partial charge on any atom is 0.142 e. The minimum atomic E-state index is 0.772. The van der Waals surface area contributed by atoms with E-state index in [1.54, 1.807) is 6.33 Å².